The van der Waals surface area contributed by atoms with Crippen LogP contribution in [0, 0.1) is 0 Å². The molecule has 0 atom stereocenters. The molecule has 11 rings (SSSR count). The Bertz CT molecular complexity index is 3010. The van der Waals surface area contributed by atoms with E-state index in [1.54, 1.807) is 0 Å². The summed E-state index contributed by atoms with van der Waals surface area (Å²) in [6.07, 6.45) is 0. The third-order valence-corrected chi connectivity index (χ3v) is 11.4. The number of hydrogen-bond donors (Lipinski definition) is 0. The Morgan fingerprint density at radius 2 is 0.717 bits per heavy atom. The zero-order valence-corrected chi connectivity index (χ0v) is 30.3. The van der Waals surface area contributed by atoms with E-state index in [9.17, 15) is 0 Å². The molecule has 0 fully saturated rings. The molecule has 2 nitrogen and oxygen atoms in total. The lowest BCUT2D eigenvalue weighted by Gasteiger charge is -2.14. The fraction of sp³-hybridized carbons (Fsp3) is 0. The Kier molecular flexibility index (Phi) is 6.74. The van der Waals surface area contributed by atoms with E-state index < -0.39 is 0 Å². The molecule has 3 heteroatoms. The summed E-state index contributed by atoms with van der Waals surface area (Å²) in [6, 6.07) is 68.7. The van der Waals surface area contributed by atoms with E-state index in [0.717, 1.165) is 15.8 Å². The van der Waals surface area contributed by atoms with Crippen LogP contribution in [0.3, 0.4) is 0 Å². The molecule has 0 bridgehead atoms. The van der Waals surface area contributed by atoms with Crippen molar-refractivity contribution < 1.29 is 0 Å². The van der Waals surface area contributed by atoms with Crippen LogP contribution in [-0.2, 0) is 0 Å². The maximum atomic E-state index is 3.98. The summed E-state index contributed by atoms with van der Waals surface area (Å²) >= 11 is 3.98. The molecular formula is C50H31BrN2. The largest absolute Gasteiger partial charge is 0.309 e. The van der Waals surface area contributed by atoms with Crippen molar-refractivity contribution in [1.82, 2.24) is 9.13 Å². The molecule has 53 heavy (non-hydrogen) atoms. The molecule has 0 aliphatic rings. The van der Waals surface area contributed by atoms with E-state index in [1.807, 2.05) is 0 Å². The highest BCUT2D eigenvalue weighted by Gasteiger charge is 2.20. The monoisotopic (exact) mass is 738 g/mol. The number of halogens is 1. The summed E-state index contributed by atoms with van der Waals surface area (Å²) in [4.78, 5) is 0. The van der Waals surface area contributed by atoms with E-state index in [-0.39, 0.29) is 0 Å². The van der Waals surface area contributed by atoms with Gasteiger partial charge in [-0.25, -0.2) is 0 Å². The lowest BCUT2D eigenvalue weighted by Crippen LogP contribution is -1.99. The Morgan fingerprint density at radius 1 is 0.302 bits per heavy atom. The van der Waals surface area contributed by atoms with Crippen LogP contribution in [0.5, 0.6) is 0 Å². The van der Waals surface area contributed by atoms with Gasteiger partial charge in [0.05, 0.1) is 22.1 Å². The molecule has 0 spiro atoms. The van der Waals surface area contributed by atoms with Gasteiger partial charge in [0.25, 0.3) is 0 Å². The molecule has 0 N–H and O–H groups in total. The fourth-order valence-electron chi connectivity index (χ4n) is 8.57. The SMILES string of the molecule is Brc1cc(-n2c3ccc(-c4ccccc4)cc3c3c4ccccc4ccc32)cc(-n2c3ccc(-c4ccccc4)cc3c3c4ccccc4ccc32)c1. The summed E-state index contributed by atoms with van der Waals surface area (Å²) < 4.78 is 5.91. The van der Waals surface area contributed by atoms with Crippen molar-refractivity contribution in [3.05, 3.63) is 193 Å². The number of hydrogen-bond acceptors (Lipinski definition) is 0. The van der Waals surface area contributed by atoms with Crippen molar-refractivity contribution in [1.29, 1.82) is 0 Å². The molecule has 0 saturated heterocycles. The van der Waals surface area contributed by atoms with Crippen molar-refractivity contribution >= 4 is 81.1 Å². The van der Waals surface area contributed by atoms with Crippen molar-refractivity contribution in [2.45, 2.75) is 0 Å². The van der Waals surface area contributed by atoms with Gasteiger partial charge < -0.3 is 9.13 Å². The van der Waals surface area contributed by atoms with Crippen molar-refractivity contribution in [2.24, 2.45) is 0 Å². The summed E-state index contributed by atoms with van der Waals surface area (Å²) in [5.41, 5.74) is 11.8. The first-order valence-electron chi connectivity index (χ1n) is 18.0. The Labute approximate surface area is 314 Å². The van der Waals surface area contributed by atoms with Gasteiger partial charge in [0.15, 0.2) is 0 Å². The highest BCUT2D eigenvalue weighted by atomic mass is 79.9. The number of aromatic nitrogens is 2. The molecule has 0 amide bonds. The van der Waals surface area contributed by atoms with E-state index in [1.165, 1.54) is 87.4 Å². The molecule has 0 saturated carbocycles. The molecule has 248 valence electrons. The molecule has 9 aromatic carbocycles. The Balaban J connectivity index is 1.20. The maximum Gasteiger partial charge on any atom is 0.0547 e. The normalized spacial score (nSPS) is 11.9. The second-order valence-electron chi connectivity index (χ2n) is 13.9. The second-order valence-corrected chi connectivity index (χ2v) is 14.8. The third-order valence-electron chi connectivity index (χ3n) is 10.9. The molecule has 11 aromatic rings. The van der Waals surface area contributed by atoms with E-state index in [2.05, 4.69) is 213 Å². The second kappa shape index (κ2) is 11.8. The molecule has 0 aliphatic heterocycles. The van der Waals surface area contributed by atoms with Crippen molar-refractivity contribution in [3.8, 4) is 33.6 Å². The standard InChI is InChI=1S/C50H31BrN2/c51-38-29-39(52-45-23-21-36(32-11-3-1-4-12-32)27-43(45)49-41-17-9-7-15-34(41)19-25-47(49)52)31-40(30-38)53-46-24-22-37(33-13-5-2-6-14-33)28-44(46)50-42-18-10-8-16-35(42)20-26-48(50)53/h1-31H. The molecule has 0 aliphatic carbocycles. The van der Waals surface area contributed by atoms with Crippen LogP contribution in [-0.4, -0.2) is 9.13 Å². The van der Waals surface area contributed by atoms with Crippen molar-refractivity contribution in [3.63, 3.8) is 0 Å². The van der Waals surface area contributed by atoms with Gasteiger partial charge in [-0.3, -0.25) is 0 Å². The summed E-state index contributed by atoms with van der Waals surface area (Å²) in [7, 11) is 0. The van der Waals surface area contributed by atoms with Crippen LogP contribution in [0.15, 0.2) is 193 Å². The number of nitrogens with zero attached hydrogens (tertiary/aromatic N) is 2. The minimum Gasteiger partial charge on any atom is -0.309 e. The molecular weight excluding hydrogens is 708 g/mol. The van der Waals surface area contributed by atoms with Gasteiger partial charge >= 0.3 is 0 Å². The third kappa shape index (κ3) is 4.71. The fourth-order valence-corrected chi connectivity index (χ4v) is 9.04. The smallest absolute Gasteiger partial charge is 0.0547 e. The summed E-state index contributed by atoms with van der Waals surface area (Å²) in [5, 5.41) is 10.0. The summed E-state index contributed by atoms with van der Waals surface area (Å²) in [6.45, 7) is 0. The minimum atomic E-state index is 1.03. The zero-order valence-electron chi connectivity index (χ0n) is 28.7. The first kappa shape index (κ1) is 30.2. The Morgan fingerprint density at radius 3 is 1.19 bits per heavy atom. The van der Waals surface area contributed by atoms with Gasteiger partial charge in [0.1, 0.15) is 0 Å². The zero-order chi connectivity index (χ0) is 35.0. The van der Waals surface area contributed by atoms with Crippen LogP contribution in [0.2, 0.25) is 0 Å². The maximum absolute atomic E-state index is 3.98. The molecule has 2 aromatic heterocycles. The first-order valence-corrected chi connectivity index (χ1v) is 18.8. The quantitative estimate of drug-likeness (QED) is 0.170. The molecule has 0 unspecified atom stereocenters. The molecule has 0 radical (unpaired) electrons. The lowest BCUT2D eigenvalue weighted by molar-refractivity contribution is 1.13. The van der Waals surface area contributed by atoms with Crippen LogP contribution < -0.4 is 0 Å². The predicted molar refractivity (Wildman–Crippen MR) is 229 cm³/mol. The van der Waals surface area contributed by atoms with Gasteiger partial charge in [-0.2, -0.15) is 0 Å². The lowest BCUT2D eigenvalue weighted by atomic mass is 10.0. The highest BCUT2D eigenvalue weighted by molar-refractivity contribution is 9.10. The molecule has 2 heterocycles. The van der Waals surface area contributed by atoms with E-state index in [0.29, 0.717) is 0 Å². The summed E-state index contributed by atoms with van der Waals surface area (Å²) in [5.74, 6) is 0. The minimum absolute atomic E-state index is 1.03. The van der Waals surface area contributed by atoms with Crippen LogP contribution in [0.1, 0.15) is 0 Å². The van der Waals surface area contributed by atoms with E-state index >= 15 is 0 Å². The Hall–Kier alpha value is -6.42. The average Bonchev–Trinajstić information content (AvgIpc) is 3.74. The first-order chi connectivity index (χ1) is 26.2. The van der Waals surface area contributed by atoms with Crippen LogP contribution in [0.4, 0.5) is 0 Å². The number of benzene rings is 9. The number of rotatable bonds is 4. The highest BCUT2D eigenvalue weighted by Crippen LogP contribution is 2.42. The van der Waals surface area contributed by atoms with Gasteiger partial charge in [0, 0.05) is 37.4 Å². The van der Waals surface area contributed by atoms with Crippen LogP contribution >= 0.6 is 15.9 Å². The average molecular weight is 740 g/mol. The van der Waals surface area contributed by atoms with Gasteiger partial charge in [-0.1, -0.05) is 149 Å². The van der Waals surface area contributed by atoms with Gasteiger partial charge in [0.2, 0.25) is 0 Å². The number of fused-ring (bicyclic) bond motifs is 10. The predicted octanol–water partition coefficient (Wildman–Crippen LogP) is 14.3. The topological polar surface area (TPSA) is 9.86 Å². The van der Waals surface area contributed by atoms with Crippen LogP contribution in [0.25, 0.3) is 98.8 Å². The van der Waals surface area contributed by atoms with E-state index in [4.69, 9.17) is 0 Å². The van der Waals surface area contributed by atoms with Gasteiger partial charge in [-0.05, 0) is 98.4 Å². The van der Waals surface area contributed by atoms with Crippen molar-refractivity contribution in [2.75, 3.05) is 0 Å². The van der Waals surface area contributed by atoms with Gasteiger partial charge in [-0.15, -0.1) is 0 Å².